The van der Waals surface area contributed by atoms with E-state index in [0.29, 0.717) is 22.3 Å². The van der Waals surface area contributed by atoms with Crippen LogP contribution in [-0.4, -0.2) is 23.2 Å². The van der Waals surface area contributed by atoms with Crippen molar-refractivity contribution in [3.05, 3.63) is 39.7 Å². The summed E-state index contributed by atoms with van der Waals surface area (Å²) in [6.07, 6.45) is 0. The third-order valence-corrected chi connectivity index (χ3v) is 2.61. The van der Waals surface area contributed by atoms with Crippen LogP contribution in [0.5, 0.6) is 5.75 Å². The van der Waals surface area contributed by atoms with Crippen molar-refractivity contribution in [1.29, 1.82) is 0 Å². The van der Waals surface area contributed by atoms with Gasteiger partial charge < -0.3 is 14.8 Å². The van der Waals surface area contributed by atoms with Gasteiger partial charge in [0.05, 0.1) is 12.6 Å². The second-order valence-corrected chi connectivity index (χ2v) is 3.67. The first-order chi connectivity index (χ1) is 8.04. The molecule has 1 heterocycles. The van der Waals surface area contributed by atoms with Crippen LogP contribution in [0.1, 0.15) is 16.1 Å². The van der Waals surface area contributed by atoms with E-state index in [9.17, 15) is 9.59 Å². The summed E-state index contributed by atoms with van der Waals surface area (Å²) >= 11 is 0. The lowest BCUT2D eigenvalue weighted by molar-refractivity contribution is 0.0694. The Bertz CT molecular complexity index is 657. The zero-order valence-electron chi connectivity index (χ0n) is 9.40. The number of methoxy groups -OCH3 is 1. The van der Waals surface area contributed by atoms with E-state index in [1.165, 1.54) is 7.11 Å². The Morgan fingerprint density at radius 3 is 2.71 bits per heavy atom. The van der Waals surface area contributed by atoms with Crippen LogP contribution in [0.25, 0.3) is 10.9 Å². The van der Waals surface area contributed by atoms with Crippen molar-refractivity contribution in [2.24, 2.45) is 0 Å². The van der Waals surface area contributed by atoms with Crippen LogP contribution in [0.15, 0.2) is 23.0 Å². The van der Waals surface area contributed by atoms with Gasteiger partial charge in [-0.15, -0.1) is 0 Å². The zero-order valence-corrected chi connectivity index (χ0v) is 9.40. The number of nitrogens with one attached hydrogen (secondary N) is 1. The van der Waals surface area contributed by atoms with Crippen molar-refractivity contribution >= 4 is 16.9 Å². The molecule has 0 aliphatic heterocycles. The molecule has 0 saturated heterocycles. The molecule has 5 heteroatoms. The molecule has 1 aromatic carbocycles. The summed E-state index contributed by atoms with van der Waals surface area (Å²) < 4.78 is 5.04. The molecule has 2 N–H and O–H groups in total. The van der Waals surface area contributed by atoms with Gasteiger partial charge in [0.25, 0.3) is 0 Å². The number of aromatic carboxylic acids is 1. The summed E-state index contributed by atoms with van der Waals surface area (Å²) in [5.74, 6) is -0.614. The average molecular weight is 233 g/mol. The first kappa shape index (κ1) is 11.2. The fourth-order valence-electron chi connectivity index (χ4n) is 1.78. The number of ether oxygens (including phenoxy) is 1. The maximum absolute atomic E-state index is 11.9. The predicted molar refractivity (Wildman–Crippen MR) is 62.8 cm³/mol. The average Bonchev–Trinajstić information content (AvgIpc) is 2.27. The first-order valence-electron chi connectivity index (χ1n) is 4.98. The Balaban J connectivity index is 2.86. The Labute approximate surface area is 96.7 Å². The van der Waals surface area contributed by atoms with Crippen LogP contribution >= 0.6 is 0 Å². The van der Waals surface area contributed by atoms with Crippen LogP contribution in [0.2, 0.25) is 0 Å². The van der Waals surface area contributed by atoms with Crippen LogP contribution in [0.4, 0.5) is 0 Å². The molecule has 2 rings (SSSR count). The highest BCUT2D eigenvalue weighted by atomic mass is 16.5. The van der Waals surface area contributed by atoms with Crippen LogP contribution in [0, 0.1) is 6.92 Å². The number of fused-ring (bicyclic) bond motifs is 1. The molecule has 1 aromatic heterocycles. The topological polar surface area (TPSA) is 79.4 Å². The highest BCUT2D eigenvalue weighted by molar-refractivity contribution is 5.94. The van der Waals surface area contributed by atoms with Crippen molar-refractivity contribution in [2.45, 2.75) is 6.92 Å². The van der Waals surface area contributed by atoms with E-state index in [-0.39, 0.29) is 5.56 Å². The Kier molecular flexibility index (Phi) is 2.59. The van der Waals surface area contributed by atoms with Crippen molar-refractivity contribution in [3.63, 3.8) is 0 Å². The maximum atomic E-state index is 11.9. The number of carboxylic acids is 1. The Morgan fingerprint density at radius 2 is 2.12 bits per heavy atom. The van der Waals surface area contributed by atoms with Gasteiger partial charge in [0.1, 0.15) is 11.3 Å². The van der Waals surface area contributed by atoms with E-state index in [2.05, 4.69) is 4.98 Å². The van der Waals surface area contributed by atoms with E-state index >= 15 is 0 Å². The standard InChI is InChI=1S/C12H11NO4/c1-6-10(12(15)16)11(14)8-4-3-7(17-2)5-9(8)13-6/h3-5H,1-2H3,(H,13,14)(H,15,16). The minimum atomic E-state index is -1.22. The largest absolute Gasteiger partial charge is 0.497 e. The van der Waals surface area contributed by atoms with Gasteiger partial charge in [-0.1, -0.05) is 0 Å². The van der Waals surface area contributed by atoms with Crippen LogP contribution in [-0.2, 0) is 0 Å². The molecule has 0 amide bonds. The van der Waals surface area contributed by atoms with Gasteiger partial charge in [-0.3, -0.25) is 4.79 Å². The molecule has 0 bridgehead atoms. The van der Waals surface area contributed by atoms with Gasteiger partial charge >= 0.3 is 5.97 Å². The smallest absolute Gasteiger partial charge is 0.341 e. The molecule has 0 aliphatic carbocycles. The third-order valence-electron chi connectivity index (χ3n) is 2.61. The summed E-state index contributed by atoms with van der Waals surface area (Å²) in [5.41, 5.74) is 0.203. The van der Waals surface area contributed by atoms with Gasteiger partial charge in [-0.2, -0.15) is 0 Å². The number of aromatic amines is 1. The van der Waals surface area contributed by atoms with Gasteiger partial charge in [-0.25, -0.2) is 4.79 Å². The summed E-state index contributed by atoms with van der Waals surface area (Å²) in [7, 11) is 1.53. The Morgan fingerprint density at radius 1 is 1.41 bits per heavy atom. The van der Waals surface area contributed by atoms with Crippen molar-refractivity contribution in [3.8, 4) is 5.75 Å². The molecular weight excluding hydrogens is 222 g/mol. The second kappa shape index (κ2) is 3.93. The number of rotatable bonds is 2. The third kappa shape index (κ3) is 1.75. The molecule has 5 nitrogen and oxygen atoms in total. The number of aryl methyl sites for hydroxylation is 1. The molecule has 17 heavy (non-hydrogen) atoms. The van der Waals surface area contributed by atoms with Crippen LogP contribution < -0.4 is 10.2 Å². The van der Waals surface area contributed by atoms with E-state index < -0.39 is 11.4 Å². The number of H-pyrrole nitrogens is 1. The van der Waals surface area contributed by atoms with Crippen molar-refractivity contribution in [2.75, 3.05) is 7.11 Å². The normalized spacial score (nSPS) is 10.5. The van der Waals surface area contributed by atoms with E-state index in [0.717, 1.165) is 0 Å². The van der Waals surface area contributed by atoms with E-state index in [1.807, 2.05) is 0 Å². The number of carbonyl (C=O) groups is 1. The SMILES string of the molecule is COc1ccc2c(=O)c(C(=O)O)c(C)[nH]c2c1. The lowest BCUT2D eigenvalue weighted by Crippen LogP contribution is -2.18. The number of pyridine rings is 1. The molecule has 2 aromatic rings. The summed E-state index contributed by atoms with van der Waals surface area (Å²) in [5, 5.41) is 9.30. The number of benzene rings is 1. The summed E-state index contributed by atoms with van der Waals surface area (Å²) in [6, 6.07) is 4.84. The summed E-state index contributed by atoms with van der Waals surface area (Å²) in [4.78, 5) is 25.8. The fraction of sp³-hybridized carbons (Fsp3) is 0.167. The lowest BCUT2D eigenvalue weighted by atomic mass is 10.1. The molecular formula is C12H11NO4. The van der Waals surface area contributed by atoms with Crippen LogP contribution in [0.3, 0.4) is 0 Å². The molecule has 0 saturated carbocycles. The monoisotopic (exact) mass is 233 g/mol. The predicted octanol–water partition coefficient (Wildman–Crippen LogP) is 1.54. The highest BCUT2D eigenvalue weighted by Gasteiger charge is 2.15. The van der Waals surface area contributed by atoms with Gasteiger partial charge in [-0.05, 0) is 19.1 Å². The van der Waals surface area contributed by atoms with Crippen molar-refractivity contribution < 1.29 is 14.6 Å². The van der Waals surface area contributed by atoms with Gasteiger partial charge in [0, 0.05) is 17.1 Å². The number of hydrogen-bond acceptors (Lipinski definition) is 3. The Hall–Kier alpha value is -2.30. The zero-order chi connectivity index (χ0) is 12.6. The minimum Gasteiger partial charge on any atom is -0.497 e. The van der Waals surface area contributed by atoms with Crippen molar-refractivity contribution in [1.82, 2.24) is 4.98 Å². The minimum absolute atomic E-state index is 0.220. The maximum Gasteiger partial charge on any atom is 0.341 e. The lowest BCUT2D eigenvalue weighted by Gasteiger charge is -2.06. The molecule has 0 atom stereocenters. The second-order valence-electron chi connectivity index (χ2n) is 3.67. The fourth-order valence-corrected chi connectivity index (χ4v) is 1.78. The summed E-state index contributed by atoms with van der Waals surface area (Å²) in [6.45, 7) is 1.56. The van der Waals surface area contributed by atoms with Gasteiger partial charge in [0.15, 0.2) is 0 Å². The number of carboxylic acid groups (broad SMARTS) is 1. The van der Waals surface area contributed by atoms with E-state index in [1.54, 1.807) is 25.1 Å². The molecule has 0 unspecified atom stereocenters. The molecule has 0 spiro atoms. The number of aromatic nitrogens is 1. The van der Waals surface area contributed by atoms with Gasteiger partial charge in [0.2, 0.25) is 5.43 Å². The van der Waals surface area contributed by atoms with E-state index in [4.69, 9.17) is 9.84 Å². The number of hydrogen-bond donors (Lipinski definition) is 2. The molecule has 0 aliphatic rings. The first-order valence-corrected chi connectivity index (χ1v) is 4.98. The highest BCUT2D eigenvalue weighted by Crippen LogP contribution is 2.18. The molecule has 0 radical (unpaired) electrons. The quantitative estimate of drug-likeness (QED) is 0.824. The molecule has 0 fully saturated rings. The molecule has 88 valence electrons.